The van der Waals surface area contributed by atoms with E-state index in [0.29, 0.717) is 0 Å². The number of hydrogen-bond donors (Lipinski definition) is 3. The fourth-order valence-electron chi connectivity index (χ4n) is 2.63. The van der Waals surface area contributed by atoms with E-state index in [1.807, 2.05) is 0 Å². The van der Waals surface area contributed by atoms with Gasteiger partial charge in [0.15, 0.2) is 5.60 Å². The molecule has 0 aliphatic rings. The Hall–Kier alpha value is -1.63. The topological polar surface area (TPSA) is 121 Å². The monoisotopic (exact) mass is 360 g/mol. The number of hydrogen-bond acceptors (Lipinski definition) is 5. The molecule has 0 rings (SSSR count). The van der Waals surface area contributed by atoms with E-state index >= 15 is 0 Å². The lowest BCUT2D eigenvalue weighted by molar-refractivity contribution is -0.172. The molecule has 0 aliphatic heterocycles. The second-order valence-corrected chi connectivity index (χ2v) is 6.62. The molecule has 0 radical (unpaired) electrons. The third-order valence-electron chi connectivity index (χ3n) is 4.19. The van der Waals surface area contributed by atoms with Gasteiger partial charge < -0.3 is 20.1 Å². The van der Waals surface area contributed by atoms with Crippen LogP contribution in [-0.4, -0.2) is 45.4 Å². The third kappa shape index (κ3) is 10.8. The first-order valence-electron chi connectivity index (χ1n) is 9.08. The van der Waals surface area contributed by atoms with Gasteiger partial charge in [0.25, 0.3) is 0 Å². The predicted octanol–water partition coefficient (Wildman–Crippen LogP) is 2.99. The molecule has 2 atom stereocenters. The van der Waals surface area contributed by atoms with E-state index in [0.717, 1.165) is 44.9 Å². The molecule has 0 aromatic carbocycles. The van der Waals surface area contributed by atoms with Gasteiger partial charge in [0.1, 0.15) is 0 Å². The first-order valence-corrected chi connectivity index (χ1v) is 9.08. The minimum atomic E-state index is -2.64. The number of aliphatic hydroxyl groups is 1. The van der Waals surface area contributed by atoms with Gasteiger partial charge >= 0.3 is 17.9 Å². The van der Waals surface area contributed by atoms with Crippen molar-refractivity contribution < 1.29 is 34.4 Å². The third-order valence-corrected chi connectivity index (χ3v) is 4.19. The summed E-state index contributed by atoms with van der Waals surface area (Å²) in [6.45, 7) is 4.39. The number of carboxylic acid groups (broad SMARTS) is 2. The lowest BCUT2D eigenvalue weighted by Crippen LogP contribution is -2.43. The van der Waals surface area contributed by atoms with Crippen LogP contribution >= 0.6 is 0 Å². The van der Waals surface area contributed by atoms with Crippen LogP contribution in [0.15, 0.2) is 0 Å². The summed E-state index contributed by atoms with van der Waals surface area (Å²) in [6, 6.07) is 0. The van der Waals surface area contributed by atoms with E-state index in [-0.39, 0.29) is 12.5 Å². The van der Waals surface area contributed by atoms with Crippen LogP contribution in [-0.2, 0) is 19.1 Å². The molecule has 2 unspecified atom stereocenters. The molecule has 0 spiro atoms. The fourth-order valence-corrected chi connectivity index (χ4v) is 2.63. The standard InChI is InChI=1S/C18H32O7/c1-3-5-7-8-10-14(9-6-4-2)13-25-16(21)12-18(24,17(22)23)11-15(19)20/h14,24H,3-13H2,1-2H3,(H,19,20)(H,22,23). The van der Waals surface area contributed by atoms with E-state index in [4.69, 9.17) is 14.9 Å². The van der Waals surface area contributed by atoms with Crippen molar-refractivity contribution in [3.05, 3.63) is 0 Å². The number of unbranched alkanes of at least 4 members (excludes halogenated alkanes) is 4. The molecule has 0 fully saturated rings. The van der Waals surface area contributed by atoms with Crippen LogP contribution in [0.1, 0.15) is 78.1 Å². The van der Waals surface area contributed by atoms with Crippen molar-refractivity contribution in [1.82, 2.24) is 0 Å². The Balaban J connectivity index is 4.50. The summed E-state index contributed by atoms with van der Waals surface area (Å²) in [5, 5.41) is 27.5. The van der Waals surface area contributed by atoms with Gasteiger partial charge in [-0.05, 0) is 18.8 Å². The fraction of sp³-hybridized carbons (Fsp3) is 0.833. The summed E-state index contributed by atoms with van der Waals surface area (Å²) in [7, 11) is 0. The lowest BCUT2D eigenvalue weighted by atomic mass is 9.95. The van der Waals surface area contributed by atoms with E-state index in [2.05, 4.69) is 13.8 Å². The number of esters is 1. The molecule has 25 heavy (non-hydrogen) atoms. The van der Waals surface area contributed by atoms with E-state index in [9.17, 15) is 19.5 Å². The molecule has 7 heteroatoms. The summed E-state index contributed by atoms with van der Waals surface area (Å²) < 4.78 is 5.13. The highest BCUT2D eigenvalue weighted by molar-refractivity contribution is 5.88. The molecule has 0 saturated heterocycles. The van der Waals surface area contributed by atoms with Crippen molar-refractivity contribution in [3.63, 3.8) is 0 Å². The first-order chi connectivity index (χ1) is 11.7. The number of carbonyl (C=O) groups excluding carboxylic acids is 1. The highest BCUT2D eigenvalue weighted by Gasteiger charge is 2.41. The minimum Gasteiger partial charge on any atom is -0.481 e. The molecule has 0 heterocycles. The summed E-state index contributed by atoms with van der Waals surface area (Å²) in [4.78, 5) is 33.6. The van der Waals surface area contributed by atoms with Crippen molar-refractivity contribution in [3.8, 4) is 0 Å². The Morgan fingerprint density at radius 2 is 1.52 bits per heavy atom. The number of ether oxygens (including phenoxy) is 1. The van der Waals surface area contributed by atoms with E-state index in [1.165, 1.54) is 6.42 Å². The van der Waals surface area contributed by atoms with Crippen molar-refractivity contribution >= 4 is 17.9 Å². The maximum absolute atomic E-state index is 11.9. The molecule has 0 saturated carbocycles. The van der Waals surface area contributed by atoms with Gasteiger partial charge in [-0.2, -0.15) is 0 Å². The molecule has 0 aromatic heterocycles. The molecular formula is C18H32O7. The van der Waals surface area contributed by atoms with Crippen molar-refractivity contribution in [2.24, 2.45) is 5.92 Å². The van der Waals surface area contributed by atoms with Gasteiger partial charge in [-0.3, -0.25) is 9.59 Å². The number of aliphatic carboxylic acids is 2. The van der Waals surface area contributed by atoms with Crippen LogP contribution < -0.4 is 0 Å². The number of carboxylic acids is 2. The van der Waals surface area contributed by atoms with Crippen LogP contribution in [0.5, 0.6) is 0 Å². The molecular weight excluding hydrogens is 328 g/mol. The van der Waals surface area contributed by atoms with Crippen molar-refractivity contribution in [1.29, 1.82) is 0 Å². The number of carbonyl (C=O) groups is 3. The maximum atomic E-state index is 11.9. The Kier molecular flexibility index (Phi) is 11.9. The van der Waals surface area contributed by atoms with Crippen molar-refractivity contribution in [2.75, 3.05) is 6.61 Å². The summed E-state index contributed by atoms with van der Waals surface area (Å²) in [5.41, 5.74) is -2.64. The van der Waals surface area contributed by atoms with Gasteiger partial charge in [0.05, 0.1) is 19.4 Å². The molecule has 7 nitrogen and oxygen atoms in total. The lowest BCUT2D eigenvalue weighted by Gasteiger charge is -2.21. The van der Waals surface area contributed by atoms with Gasteiger partial charge in [0, 0.05) is 0 Å². The summed E-state index contributed by atoms with van der Waals surface area (Å²) in [6.07, 6.45) is 6.50. The first kappa shape index (κ1) is 23.4. The second-order valence-electron chi connectivity index (χ2n) is 6.62. The largest absolute Gasteiger partial charge is 0.481 e. The zero-order valence-electron chi connectivity index (χ0n) is 15.3. The summed E-state index contributed by atoms with van der Waals surface area (Å²) >= 11 is 0. The quantitative estimate of drug-likeness (QED) is 0.303. The Morgan fingerprint density at radius 1 is 0.920 bits per heavy atom. The Morgan fingerprint density at radius 3 is 2.04 bits per heavy atom. The Labute approximate surface area is 149 Å². The molecule has 0 amide bonds. The SMILES string of the molecule is CCCCCCC(CCCC)COC(=O)CC(O)(CC(=O)O)C(=O)O. The van der Waals surface area contributed by atoms with E-state index < -0.39 is 36.4 Å². The van der Waals surface area contributed by atoms with Crippen LogP contribution in [0, 0.1) is 5.92 Å². The van der Waals surface area contributed by atoms with Crippen LogP contribution in [0.3, 0.4) is 0 Å². The normalized spacial score (nSPS) is 14.5. The van der Waals surface area contributed by atoms with Gasteiger partial charge in [-0.25, -0.2) is 4.79 Å². The minimum absolute atomic E-state index is 0.174. The Bertz CT molecular complexity index is 422. The average Bonchev–Trinajstić information content (AvgIpc) is 2.52. The smallest absolute Gasteiger partial charge is 0.336 e. The number of rotatable bonds is 15. The van der Waals surface area contributed by atoms with Crippen LogP contribution in [0.2, 0.25) is 0 Å². The zero-order chi connectivity index (χ0) is 19.3. The van der Waals surface area contributed by atoms with Crippen molar-refractivity contribution in [2.45, 2.75) is 83.7 Å². The molecule has 0 aliphatic carbocycles. The predicted molar refractivity (Wildman–Crippen MR) is 92.2 cm³/mol. The summed E-state index contributed by atoms with van der Waals surface area (Å²) in [5.74, 6) is -3.91. The molecule has 0 aromatic rings. The van der Waals surface area contributed by atoms with Crippen LogP contribution in [0.4, 0.5) is 0 Å². The van der Waals surface area contributed by atoms with E-state index in [1.54, 1.807) is 0 Å². The van der Waals surface area contributed by atoms with Gasteiger partial charge in [-0.1, -0.05) is 52.4 Å². The highest BCUT2D eigenvalue weighted by atomic mass is 16.5. The molecule has 146 valence electrons. The van der Waals surface area contributed by atoms with Gasteiger partial charge in [-0.15, -0.1) is 0 Å². The molecule has 0 bridgehead atoms. The molecule has 3 N–H and O–H groups in total. The van der Waals surface area contributed by atoms with Crippen LogP contribution in [0.25, 0.3) is 0 Å². The highest BCUT2D eigenvalue weighted by Crippen LogP contribution is 2.20. The second kappa shape index (κ2) is 12.7. The van der Waals surface area contributed by atoms with Gasteiger partial charge in [0.2, 0.25) is 0 Å². The average molecular weight is 360 g/mol. The zero-order valence-corrected chi connectivity index (χ0v) is 15.3. The maximum Gasteiger partial charge on any atom is 0.336 e.